The van der Waals surface area contributed by atoms with Gasteiger partial charge in [-0.3, -0.25) is 4.79 Å². The number of carbonyl (C=O) groups excluding carboxylic acids is 1. The molecule has 0 aliphatic carbocycles. The third-order valence-corrected chi connectivity index (χ3v) is 2.87. The quantitative estimate of drug-likeness (QED) is 0.694. The van der Waals surface area contributed by atoms with E-state index in [0.29, 0.717) is 19.4 Å². The molecule has 2 atom stereocenters. The Bertz CT molecular complexity index is 208. The molecule has 1 amide bonds. The van der Waals surface area contributed by atoms with Crippen molar-refractivity contribution in [3.05, 3.63) is 0 Å². The Morgan fingerprint density at radius 2 is 2.43 bits per heavy atom. The summed E-state index contributed by atoms with van der Waals surface area (Å²) in [5.74, 6) is -0.00102. The van der Waals surface area contributed by atoms with E-state index in [1.807, 2.05) is 13.8 Å². The number of nitrogens with one attached hydrogen (secondary N) is 1. The number of aliphatic hydroxyl groups excluding tert-OH is 1. The highest BCUT2D eigenvalue weighted by atomic mass is 16.5. The van der Waals surface area contributed by atoms with Crippen LogP contribution in [0.4, 0.5) is 0 Å². The molecule has 2 N–H and O–H groups in total. The van der Waals surface area contributed by atoms with Crippen molar-refractivity contribution in [2.45, 2.75) is 44.8 Å². The fraction of sp³-hybridized carbons (Fsp3) is 0.900. The standard InChI is InChI=1S/C10H19NO3/c1-8-10(2,5-7-14-8)11-9(13)4-3-6-12/h8,12H,3-7H2,1-2H3,(H,11,13). The van der Waals surface area contributed by atoms with Crippen LogP contribution in [0.2, 0.25) is 0 Å². The van der Waals surface area contributed by atoms with Crippen LogP contribution in [0.15, 0.2) is 0 Å². The molecule has 1 aliphatic heterocycles. The van der Waals surface area contributed by atoms with Crippen molar-refractivity contribution in [2.75, 3.05) is 13.2 Å². The van der Waals surface area contributed by atoms with Gasteiger partial charge in [0.2, 0.25) is 5.91 Å². The van der Waals surface area contributed by atoms with Crippen molar-refractivity contribution < 1.29 is 14.6 Å². The molecule has 0 spiro atoms. The minimum atomic E-state index is -0.230. The van der Waals surface area contributed by atoms with Gasteiger partial charge in [-0.25, -0.2) is 0 Å². The molecule has 0 saturated carbocycles. The molecule has 0 bridgehead atoms. The molecule has 2 unspecified atom stereocenters. The molecule has 1 heterocycles. The predicted octanol–water partition coefficient (Wildman–Crippen LogP) is 0.443. The summed E-state index contributed by atoms with van der Waals surface area (Å²) >= 11 is 0. The van der Waals surface area contributed by atoms with Crippen LogP contribution in [0, 0.1) is 0 Å². The summed E-state index contributed by atoms with van der Waals surface area (Å²) < 4.78 is 5.41. The molecular weight excluding hydrogens is 182 g/mol. The Morgan fingerprint density at radius 1 is 1.71 bits per heavy atom. The van der Waals surface area contributed by atoms with Gasteiger partial charge in [0.15, 0.2) is 0 Å². The Balaban J connectivity index is 2.38. The fourth-order valence-electron chi connectivity index (χ4n) is 1.62. The molecule has 4 heteroatoms. The summed E-state index contributed by atoms with van der Waals surface area (Å²) in [7, 11) is 0. The van der Waals surface area contributed by atoms with Gasteiger partial charge in [-0.1, -0.05) is 0 Å². The molecule has 4 nitrogen and oxygen atoms in total. The van der Waals surface area contributed by atoms with E-state index in [9.17, 15) is 4.79 Å². The van der Waals surface area contributed by atoms with Crippen LogP contribution in [0.25, 0.3) is 0 Å². The van der Waals surface area contributed by atoms with Crippen molar-refractivity contribution >= 4 is 5.91 Å². The topological polar surface area (TPSA) is 58.6 Å². The number of aliphatic hydroxyl groups is 1. The van der Waals surface area contributed by atoms with Gasteiger partial charge in [-0.05, 0) is 26.7 Å². The molecule has 0 aromatic heterocycles. The van der Waals surface area contributed by atoms with Crippen LogP contribution >= 0.6 is 0 Å². The Morgan fingerprint density at radius 3 is 2.93 bits per heavy atom. The maximum atomic E-state index is 11.4. The first-order valence-corrected chi connectivity index (χ1v) is 5.12. The number of hydrogen-bond acceptors (Lipinski definition) is 3. The zero-order valence-electron chi connectivity index (χ0n) is 8.88. The molecule has 0 radical (unpaired) electrons. The summed E-state index contributed by atoms with van der Waals surface area (Å²) in [5, 5.41) is 11.6. The molecule has 1 fully saturated rings. The van der Waals surface area contributed by atoms with E-state index in [2.05, 4.69) is 5.32 Å². The summed E-state index contributed by atoms with van der Waals surface area (Å²) in [6, 6.07) is 0. The van der Waals surface area contributed by atoms with E-state index in [4.69, 9.17) is 9.84 Å². The summed E-state index contributed by atoms with van der Waals surface area (Å²) in [6.07, 6.45) is 1.84. The van der Waals surface area contributed by atoms with Crippen LogP contribution in [0.3, 0.4) is 0 Å². The van der Waals surface area contributed by atoms with Crippen LogP contribution in [0.1, 0.15) is 33.1 Å². The Kier molecular flexibility index (Phi) is 3.89. The van der Waals surface area contributed by atoms with Gasteiger partial charge >= 0.3 is 0 Å². The molecule has 0 aromatic carbocycles. The van der Waals surface area contributed by atoms with Crippen molar-refractivity contribution in [3.63, 3.8) is 0 Å². The largest absolute Gasteiger partial charge is 0.396 e. The lowest BCUT2D eigenvalue weighted by molar-refractivity contribution is -0.123. The lowest BCUT2D eigenvalue weighted by atomic mass is 9.94. The fourth-order valence-corrected chi connectivity index (χ4v) is 1.62. The van der Waals surface area contributed by atoms with Crippen LogP contribution in [-0.2, 0) is 9.53 Å². The molecule has 1 aliphatic rings. The monoisotopic (exact) mass is 201 g/mol. The third kappa shape index (κ3) is 2.69. The second-order valence-corrected chi connectivity index (χ2v) is 4.06. The minimum absolute atomic E-state index is 0.00102. The first kappa shape index (κ1) is 11.5. The Hall–Kier alpha value is -0.610. The lowest BCUT2D eigenvalue weighted by Gasteiger charge is -2.28. The van der Waals surface area contributed by atoms with E-state index in [1.165, 1.54) is 0 Å². The number of hydrogen-bond donors (Lipinski definition) is 2. The van der Waals surface area contributed by atoms with Crippen LogP contribution in [-0.4, -0.2) is 35.9 Å². The van der Waals surface area contributed by atoms with Gasteiger partial charge in [0.1, 0.15) is 0 Å². The first-order chi connectivity index (χ1) is 6.58. The average molecular weight is 201 g/mol. The van der Waals surface area contributed by atoms with E-state index in [0.717, 1.165) is 6.42 Å². The second kappa shape index (κ2) is 4.75. The van der Waals surface area contributed by atoms with Gasteiger partial charge < -0.3 is 15.2 Å². The third-order valence-electron chi connectivity index (χ3n) is 2.87. The molecule has 14 heavy (non-hydrogen) atoms. The highest BCUT2D eigenvalue weighted by Gasteiger charge is 2.37. The summed E-state index contributed by atoms with van der Waals surface area (Å²) in [4.78, 5) is 11.4. The zero-order chi connectivity index (χ0) is 10.6. The van der Waals surface area contributed by atoms with E-state index >= 15 is 0 Å². The van der Waals surface area contributed by atoms with Crippen molar-refractivity contribution in [1.29, 1.82) is 0 Å². The smallest absolute Gasteiger partial charge is 0.220 e. The average Bonchev–Trinajstić information content (AvgIpc) is 2.43. The summed E-state index contributed by atoms with van der Waals surface area (Å²) in [5.41, 5.74) is -0.230. The first-order valence-electron chi connectivity index (χ1n) is 5.12. The Labute approximate surface area is 84.6 Å². The maximum Gasteiger partial charge on any atom is 0.220 e. The van der Waals surface area contributed by atoms with Gasteiger partial charge in [-0.15, -0.1) is 0 Å². The van der Waals surface area contributed by atoms with E-state index < -0.39 is 0 Å². The maximum absolute atomic E-state index is 11.4. The van der Waals surface area contributed by atoms with Crippen LogP contribution in [0.5, 0.6) is 0 Å². The summed E-state index contributed by atoms with van der Waals surface area (Å²) in [6.45, 7) is 4.75. The molecule has 1 saturated heterocycles. The van der Waals surface area contributed by atoms with Gasteiger partial charge in [-0.2, -0.15) is 0 Å². The van der Waals surface area contributed by atoms with Crippen LogP contribution < -0.4 is 5.32 Å². The molecular formula is C10H19NO3. The van der Waals surface area contributed by atoms with Gasteiger partial charge in [0.05, 0.1) is 11.6 Å². The molecule has 0 aromatic rings. The second-order valence-electron chi connectivity index (χ2n) is 4.06. The highest BCUT2D eigenvalue weighted by molar-refractivity contribution is 5.76. The van der Waals surface area contributed by atoms with Gasteiger partial charge in [0.25, 0.3) is 0 Å². The normalized spacial score (nSPS) is 31.8. The van der Waals surface area contributed by atoms with E-state index in [-0.39, 0.29) is 24.2 Å². The highest BCUT2D eigenvalue weighted by Crippen LogP contribution is 2.25. The van der Waals surface area contributed by atoms with Gasteiger partial charge in [0, 0.05) is 19.6 Å². The lowest BCUT2D eigenvalue weighted by Crippen LogP contribution is -2.50. The predicted molar refractivity (Wildman–Crippen MR) is 52.9 cm³/mol. The SMILES string of the molecule is CC1OCCC1(C)NC(=O)CCCO. The number of ether oxygens (including phenoxy) is 1. The number of rotatable bonds is 4. The molecule has 82 valence electrons. The molecule has 1 rings (SSSR count). The zero-order valence-corrected chi connectivity index (χ0v) is 8.88. The minimum Gasteiger partial charge on any atom is -0.396 e. The van der Waals surface area contributed by atoms with Crippen molar-refractivity contribution in [1.82, 2.24) is 5.32 Å². The number of amides is 1. The van der Waals surface area contributed by atoms with Crippen molar-refractivity contribution in [2.24, 2.45) is 0 Å². The van der Waals surface area contributed by atoms with Crippen molar-refractivity contribution in [3.8, 4) is 0 Å². The van der Waals surface area contributed by atoms with E-state index in [1.54, 1.807) is 0 Å². The number of carbonyl (C=O) groups is 1.